The van der Waals surface area contributed by atoms with Crippen LogP contribution < -0.4 is 10.2 Å². The molecule has 0 aliphatic carbocycles. The van der Waals surface area contributed by atoms with Crippen molar-refractivity contribution >= 4 is 22.8 Å². The standard InChI is InChI=1S/C14H18N4OS/c1-11-17-12(10-20-11)9-16-14-13(3-2-4-15-14)18-5-7-19-8-6-18/h2-4,10H,5-9H2,1H3,(H,15,16). The average molecular weight is 290 g/mol. The normalized spacial score (nSPS) is 15.3. The number of anilines is 2. The minimum Gasteiger partial charge on any atom is -0.378 e. The summed E-state index contributed by atoms with van der Waals surface area (Å²) in [5.74, 6) is 0.917. The maximum Gasteiger partial charge on any atom is 0.149 e. The van der Waals surface area contributed by atoms with Gasteiger partial charge in [-0.1, -0.05) is 0 Å². The third-order valence-electron chi connectivity index (χ3n) is 3.24. The lowest BCUT2D eigenvalue weighted by molar-refractivity contribution is 0.122. The summed E-state index contributed by atoms with van der Waals surface area (Å²) >= 11 is 1.67. The molecule has 0 atom stereocenters. The zero-order valence-electron chi connectivity index (χ0n) is 11.5. The van der Waals surface area contributed by atoms with Gasteiger partial charge in [0, 0.05) is 24.7 Å². The molecular formula is C14H18N4OS. The van der Waals surface area contributed by atoms with Gasteiger partial charge in [-0.15, -0.1) is 11.3 Å². The molecule has 2 aromatic heterocycles. The molecule has 3 rings (SSSR count). The number of nitrogens with zero attached hydrogens (tertiary/aromatic N) is 3. The van der Waals surface area contributed by atoms with Crippen LogP contribution in [0.15, 0.2) is 23.7 Å². The summed E-state index contributed by atoms with van der Waals surface area (Å²) in [4.78, 5) is 11.2. The smallest absolute Gasteiger partial charge is 0.149 e. The number of pyridine rings is 1. The highest BCUT2D eigenvalue weighted by Crippen LogP contribution is 2.24. The van der Waals surface area contributed by atoms with Gasteiger partial charge in [0.25, 0.3) is 0 Å². The van der Waals surface area contributed by atoms with Gasteiger partial charge in [0.2, 0.25) is 0 Å². The molecule has 2 aromatic rings. The van der Waals surface area contributed by atoms with Gasteiger partial charge in [-0.3, -0.25) is 0 Å². The number of aromatic nitrogens is 2. The number of morpholine rings is 1. The minimum atomic E-state index is 0.707. The number of ether oxygens (including phenoxy) is 1. The number of rotatable bonds is 4. The molecule has 1 N–H and O–H groups in total. The molecule has 0 saturated carbocycles. The molecule has 0 radical (unpaired) electrons. The van der Waals surface area contributed by atoms with E-state index in [0.29, 0.717) is 6.54 Å². The van der Waals surface area contributed by atoms with E-state index in [1.165, 1.54) is 0 Å². The highest BCUT2D eigenvalue weighted by Gasteiger charge is 2.15. The van der Waals surface area contributed by atoms with Crippen molar-refractivity contribution in [1.82, 2.24) is 9.97 Å². The van der Waals surface area contributed by atoms with E-state index < -0.39 is 0 Å². The monoisotopic (exact) mass is 290 g/mol. The van der Waals surface area contributed by atoms with Crippen LogP contribution in [0.3, 0.4) is 0 Å². The Morgan fingerprint density at radius 2 is 2.25 bits per heavy atom. The molecule has 0 bridgehead atoms. The molecule has 1 fully saturated rings. The first-order valence-corrected chi connectivity index (χ1v) is 7.63. The lowest BCUT2D eigenvalue weighted by Crippen LogP contribution is -2.36. The van der Waals surface area contributed by atoms with E-state index in [-0.39, 0.29) is 0 Å². The Kier molecular flexibility index (Phi) is 4.13. The van der Waals surface area contributed by atoms with E-state index >= 15 is 0 Å². The largest absolute Gasteiger partial charge is 0.378 e. The first kappa shape index (κ1) is 13.3. The summed E-state index contributed by atoms with van der Waals surface area (Å²) in [6.07, 6.45) is 1.82. The summed E-state index contributed by atoms with van der Waals surface area (Å²) in [6, 6.07) is 4.08. The molecular weight excluding hydrogens is 272 g/mol. The van der Waals surface area contributed by atoms with Gasteiger partial charge in [-0.2, -0.15) is 0 Å². The summed E-state index contributed by atoms with van der Waals surface area (Å²) in [5, 5.41) is 6.57. The second kappa shape index (κ2) is 6.19. The van der Waals surface area contributed by atoms with Gasteiger partial charge in [0.15, 0.2) is 0 Å². The predicted molar refractivity (Wildman–Crippen MR) is 81.4 cm³/mol. The molecule has 1 saturated heterocycles. The molecule has 0 spiro atoms. The highest BCUT2D eigenvalue weighted by molar-refractivity contribution is 7.09. The lowest BCUT2D eigenvalue weighted by Gasteiger charge is -2.30. The van der Waals surface area contributed by atoms with Gasteiger partial charge >= 0.3 is 0 Å². The summed E-state index contributed by atoms with van der Waals surface area (Å²) in [5.41, 5.74) is 2.20. The molecule has 0 aromatic carbocycles. The quantitative estimate of drug-likeness (QED) is 0.936. The Hall–Kier alpha value is -1.66. The van der Waals surface area contributed by atoms with Crippen molar-refractivity contribution in [3.8, 4) is 0 Å². The lowest BCUT2D eigenvalue weighted by atomic mass is 10.3. The Balaban J connectivity index is 1.72. The Morgan fingerprint density at radius 3 is 3.00 bits per heavy atom. The van der Waals surface area contributed by atoms with Crippen LogP contribution in [0.1, 0.15) is 10.7 Å². The molecule has 5 nitrogen and oxygen atoms in total. The van der Waals surface area contributed by atoms with Crippen LogP contribution in [-0.2, 0) is 11.3 Å². The number of nitrogens with one attached hydrogen (secondary N) is 1. The minimum absolute atomic E-state index is 0.707. The Labute approximate surface area is 122 Å². The third-order valence-corrected chi connectivity index (χ3v) is 4.06. The SMILES string of the molecule is Cc1nc(CNc2ncccc2N2CCOCC2)cs1. The molecule has 106 valence electrons. The number of hydrogen-bond donors (Lipinski definition) is 1. The maximum absolute atomic E-state index is 5.40. The molecule has 20 heavy (non-hydrogen) atoms. The van der Waals surface area contributed by atoms with Crippen molar-refractivity contribution in [2.45, 2.75) is 13.5 Å². The van der Waals surface area contributed by atoms with Crippen molar-refractivity contribution in [2.24, 2.45) is 0 Å². The summed E-state index contributed by atoms with van der Waals surface area (Å²) in [6.45, 7) is 6.11. The van der Waals surface area contributed by atoms with Gasteiger partial charge in [-0.05, 0) is 19.1 Å². The van der Waals surface area contributed by atoms with Crippen molar-refractivity contribution < 1.29 is 4.74 Å². The van der Waals surface area contributed by atoms with Crippen LogP contribution in [0.2, 0.25) is 0 Å². The average Bonchev–Trinajstić information content (AvgIpc) is 2.92. The zero-order chi connectivity index (χ0) is 13.8. The van der Waals surface area contributed by atoms with Gasteiger partial charge in [0.1, 0.15) is 5.82 Å². The van der Waals surface area contributed by atoms with Crippen LogP contribution in [0.25, 0.3) is 0 Å². The summed E-state index contributed by atoms with van der Waals surface area (Å²) in [7, 11) is 0. The maximum atomic E-state index is 5.40. The van der Waals surface area contributed by atoms with E-state index in [2.05, 4.69) is 31.6 Å². The number of thiazole rings is 1. The fourth-order valence-corrected chi connectivity index (χ4v) is 2.87. The van der Waals surface area contributed by atoms with E-state index in [9.17, 15) is 0 Å². The molecule has 6 heteroatoms. The first-order chi connectivity index (χ1) is 9.83. The molecule has 1 aliphatic heterocycles. The second-order valence-corrected chi connectivity index (χ2v) is 5.74. The van der Waals surface area contributed by atoms with Crippen LogP contribution in [0, 0.1) is 6.92 Å². The Morgan fingerprint density at radius 1 is 1.40 bits per heavy atom. The topological polar surface area (TPSA) is 50.3 Å². The van der Waals surface area contributed by atoms with Crippen LogP contribution >= 0.6 is 11.3 Å². The molecule has 1 aliphatic rings. The van der Waals surface area contributed by atoms with Crippen LogP contribution in [0.4, 0.5) is 11.5 Å². The third kappa shape index (κ3) is 3.08. The van der Waals surface area contributed by atoms with Crippen molar-refractivity contribution in [3.63, 3.8) is 0 Å². The Bertz CT molecular complexity index is 566. The van der Waals surface area contributed by atoms with Crippen molar-refractivity contribution in [3.05, 3.63) is 34.4 Å². The number of hydrogen-bond acceptors (Lipinski definition) is 6. The molecule has 3 heterocycles. The molecule has 0 unspecified atom stereocenters. The first-order valence-electron chi connectivity index (χ1n) is 6.75. The van der Waals surface area contributed by atoms with Gasteiger partial charge in [-0.25, -0.2) is 9.97 Å². The van der Waals surface area contributed by atoms with E-state index in [0.717, 1.165) is 48.5 Å². The fraction of sp³-hybridized carbons (Fsp3) is 0.429. The van der Waals surface area contributed by atoms with E-state index in [1.54, 1.807) is 11.3 Å². The van der Waals surface area contributed by atoms with Crippen LogP contribution in [-0.4, -0.2) is 36.3 Å². The van der Waals surface area contributed by atoms with Gasteiger partial charge < -0.3 is 15.0 Å². The molecule has 0 amide bonds. The van der Waals surface area contributed by atoms with Crippen molar-refractivity contribution in [2.75, 3.05) is 36.5 Å². The van der Waals surface area contributed by atoms with Gasteiger partial charge in [0.05, 0.1) is 36.1 Å². The number of aryl methyl sites for hydroxylation is 1. The second-order valence-electron chi connectivity index (χ2n) is 4.68. The predicted octanol–water partition coefficient (Wildman–Crippen LogP) is 2.30. The summed E-state index contributed by atoms with van der Waals surface area (Å²) < 4.78 is 5.40. The highest BCUT2D eigenvalue weighted by atomic mass is 32.1. The van der Waals surface area contributed by atoms with Crippen molar-refractivity contribution in [1.29, 1.82) is 0 Å². The zero-order valence-corrected chi connectivity index (χ0v) is 12.3. The van der Waals surface area contributed by atoms with E-state index in [1.807, 2.05) is 19.2 Å². The van der Waals surface area contributed by atoms with Crippen LogP contribution in [0.5, 0.6) is 0 Å². The van der Waals surface area contributed by atoms with E-state index in [4.69, 9.17) is 4.74 Å². The fourth-order valence-electron chi connectivity index (χ4n) is 2.26.